The molecule has 0 fully saturated rings. The number of benzene rings is 1. The number of nitro benzene ring substituents is 1. The monoisotopic (exact) mass is 229 g/mol. The lowest BCUT2D eigenvalue weighted by Crippen LogP contribution is -2.01. The van der Waals surface area contributed by atoms with Crippen LogP contribution in [0.4, 0.5) is 14.5 Å². The van der Waals surface area contributed by atoms with Crippen molar-refractivity contribution in [3.8, 4) is 0 Å². The molecule has 0 amide bonds. The standard InChI is InChI=1S/C10H9F2NO3/c1-6(2-3-14)7-4-8(11)10(12)9(5-7)13(15)16/h3-6H,2H2,1H3. The highest BCUT2D eigenvalue weighted by Gasteiger charge is 2.21. The molecule has 1 aromatic rings. The van der Waals surface area contributed by atoms with Gasteiger partial charge in [0.2, 0.25) is 5.82 Å². The molecule has 1 atom stereocenters. The Kier molecular flexibility index (Phi) is 3.65. The Morgan fingerprint density at radius 1 is 1.50 bits per heavy atom. The molecule has 0 aliphatic carbocycles. The second-order valence-electron chi connectivity index (χ2n) is 3.40. The topological polar surface area (TPSA) is 60.2 Å². The summed E-state index contributed by atoms with van der Waals surface area (Å²) in [4.78, 5) is 19.7. The zero-order valence-corrected chi connectivity index (χ0v) is 8.44. The van der Waals surface area contributed by atoms with Crippen molar-refractivity contribution < 1.29 is 18.5 Å². The van der Waals surface area contributed by atoms with Crippen molar-refractivity contribution in [1.29, 1.82) is 0 Å². The van der Waals surface area contributed by atoms with E-state index in [0.29, 0.717) is 6.29 Å². The minimum Gasteiger partial charge on any atom is -0.303 e. The Labute approximate surface area is 90.0 Å². The highest BCUT2D eigenvalue weighted by atomic mass is 19.2. The summed E-state index contributed by atoms with van der Waals surface area (Å²) < 4.78 is 26.0. The van der Waals surface area contributed by atoms with Gasteiger partial charge in [0.1, 0.15) is 6.29 Å². The molecule has 0 saturated carbocycles. The summed E-state index contributed by atoms with van der Waals surface area (Å²) in [5.74, 6) is -3.14. The highest BCUT2D eigenvalue weighted by molar-refractivity contribution is 5.52. The van der Waals surface area contributed by atoms with Crippen LogP contribution in [0.1, 0.15) is 24.8 Å². The molecule has 0 aliphatic heterocycles. The molecule has 1 aromatic carbocycles. The first-order chi connectivity index (χ1) is 7.47. The fraction of sp³-hybridized carbons (Fsp3) is 0.300. The van der Waals surface area contributed by atoms with Crippen LogP contribution in [0.2, 0.25) is 0 Å². The third-order valence-corrected chi connectivity index (χ3v) is 2.25. The lowest BCUT2D eigenvalue weighted by Gasteiger charge is -2.08. The molecule has 6 heteroatoms. The lowest BCUT2D eigenvalue weighted by atomic mass is 9.98. The fourth-order valence-corrected chi connectivity index (χ4v) is 1.29. The third-order valence-electron chi connectivity index (χ3n) is 2.25. The van der Waals surface area contributed by atoms with Crippen LogP contribution in [-0.4, -0.2) is 11.2 Å². The molecule has 16 heavy (non-hydrogen) atoms. The Bertz CT molecular complexity index is 434. The Morgan fingerprint density at radius 2 is 2.12 bits per heavy atom. The number of carbonyl (C=O) groups is 1. The minimum atomic E-state index is -1.48. The Morgan fingerprint density at radius 3 is 2.62 bits per heavy atom. The van der Waals surface area contributed by atoms with Crippen molar-refractivity contribution in [2.75, 3.05) is 0 Å². The maximum atomic E-state index is 13.0. The summed E-state index contributed by atoms with van der Waals surface area (Å²) in [5.41, 5.74) is -0.676. The molecule has 1 rings (SSSR count). The predicted molar refractivity (Wildman–Crippen MR) is 52.1 cm³/mol. The molecule has 0 spiro atoms. The summed E-state index contributed by atoms with van der Waals surface area (Å²) in [7, 11) is 0. The van der Waals surface area contributed by atoms with Crippen LogP contribution in [-0.2, 0) is 4.79 Å². The smallest absolute Gasteiger partial charge is 0.303 e. The molecule has 4 nitrogen and oxygen atoms in total. The second kappa shape index (κ2) is 4.78. The number of carbonyl (C=O) groups excluding carboxylic acids is 1. The fourth-order valence-electron chi connectivity index (χ4n) is 1.29. The van der Waals surface area contributed by atoms with Gasteiger partial charge in [-0.05, 0) is 17.5 Å². The summed E-state index contributed by atoms with van der Waals surface area (Å²) >= 11 is 0. The molecular weight excluding hydrogens is 220 g/mol. The van der Waals surface area contributed by atoms with Crippen LogP contribution in [0.15, 0.2) is 12.1 Å². The molecule has 0 saturated heterocycles. The summed E-state index contributed by atoms with van der Waals surface area (Å²) in [5, 5.41) is 10.4. The summed E-state index contributed by atoms with van der Waals surface area (Å²) in [6.45, 7) is 1.60. The normalized spacial score (nSPS) is 12.2. The molecule has 0 aromatic heterocycles. The van der Waals surface area contributed by atoms with E-state index < -0.39 is 22.2 Å². The van der Waals surface area contributed by atoms with Gasteiger partial charge in [-0.25, -0.2) is 4.39 Å². The Hall–Kier alpha value is -1.85. The molecular formula is C10H9F2NO3. The number of hydrogen-bond acceptors (Lipinski definition) is 3. The van der Waals surface area contributed by atoms with Crippen LogP contribution in [0.25, 0.3) is 0 Å². The van der Waals surface area contributed by atoms with E-state index in [1.807, 2.05) is 0 Å². The van der Waals surface area contributed by atoms with Gasteiger partial charge >= 0.3 is 5.69 Å². The van der Waals surface area contributed by atoms with Crippen molar-refractivity contribution in [2.45, 2.75) is 19.3 Å². The number of nitrogens with zero attached hydrogens (tertiary/aromatic N) is 1. The maximum absolute atomic E-state index is 13.0. The zero-order chi connectivity index (χ0) is 12.3. The van der Waals surface area contributed by atoms with Crippen LogP contribution in [0.5, 0.6) is 0 Å². The highest BCUT2D eigenvalue weighted by Crippen LogP contribution is 2.27. The Balaban J connectivity index is 3.23. The molecule has 0 heterocycles. The first-order valence-corrected chi connectivity index (χ1v) is 4.54. The predicted octanol–water partition coefficient (Wildman–Crippen LogP) is 2.57. The number of rotatable bonds is 4. The van der Waals surface area contributed by atoms with Crippen LogP contribution in [0.3, 0.4) is 0 Å². The number of nitro groups is 1. The maximum Gasteiger partial charge on any atom is 0.308 e. The third kappa shape index (κ3) is 2.39. The SMILES string of the molecule is CC(CC=O)c1cc(F)c(F)c([N+](=O)[O-])c1. The average Bonchev–Trinajstić information content (AvgIpc) is 2.21. The molecule has 86 valence electrons. The van der Waals surface area contributed by atoms with Crippen molar-refractivity contribution >= 4 is 12.0 Å². The van der Waals surface area contributed by atoms with Gasteiger partial charge in [-0.1, -0.05) is 6.92 Å². The summed E-state index contributed by atoms with van der Waals surface area (Å²) in [6, 6.07) is 1.82. The van der Waals surface area contributed by atoms with Crippen molar-refractivity contribution in [3.63, 3.8) is 0 Å². The first kappa shape index (κ1) is 12.2. The van der Waals surface area contributed by atoms with E-state index in [0.717, 1.165) is 12.1 Å². The van der Waals surface area contributed by atoms with E-state index in [2.05, 4.69) is 0 Å². The van der Waals surface area contributed by atoms with Gasteiger partial charge < -0.3 is 4.79 Å². The van der Waals surface area contributed by atoms with E-state index in [1.54, 1.807) is 6.92 Å². The molecule has 1 unspecified atom stereocenters. The number of aldehydes is 1. The molecule has 0 aliphatic rings. The van der Waals surface area contributed by atoms with Gasteiger partial charge in [-0.2, -0.15) is 4.39 Å². The van der Waals surface area contributed by atoms with Gasteiger partial charge in [-0.15, -0.1) is 0 Å². The van der Waals surface area contributed by atoms with Gasteiger partial charge in [0.05, 0.1) is 4.92 Å². The van der Waals surface area contributed by atoms with Crippen molar-refractivity contribution in [1.82, 2.24) is 0 Å². The van der Waals surface area contributed by atoms with Gasteiger partial charge in [0, 0.05) is 12.5 Å². The lowest BCUT2D eigenvalue weighted by molar-refractivity contribution is -0.387. The van der Waals surface area contributed by atoms with Gasteiger partial charge in [0.15, 0.2) is 5.82 Å². The number of halogens is 2. The van der Waals surface area contributed by atoms with Gasteiger partial charge in [0.25, 0.3) is 0 Å². The van der Waals surface area contributed by atoms with Crippen LogP contribution >= 0.6 is 0 Å². The second-order valence-corrected chi connectivity index (χ2v) is 3.40. The zero-order valence-electron chi connectivity index (χ0n) is 8.44. The van der Waals surface area contributed by atoms with E-state index >= 15 is 0 Å². The average molecular weight is 229 g/mol. The summed E-state index contributed by atoms with van der Waals surface area (Å²) in [6.07, 6.45) is 0.722. The van der Waals surface area contributed by atoms with E-state index in [-0.39, 0.29) is 17.9 Å². The first-order valence-electron chi connectivity index (χ1n) is 4.54. The van der Waals surface area contributed by atoms with E-state index in [9.17, 15) is 23.7 Å². The minimum absolute atomic E-state index is 0.0994. The van der Waals surface area contributed by atoms with Crippen LogP contribution in [0, 0.1) is 21.7 Å². The molecule has 0 N–H and O–H groups in total. The van der Waals surface area contributed by atoms with Gasteiger partial charge in [-0.3, -0.25) is 10.1 Å². The largest absolute Gasteiger partial charge is 0.308 e. The molecule has 0 bridgehead atoms. The van der Waals surface area contributed by atoms with Crippen molar-refractivity contribution in [2.24, 2.45) is 0 Å². The van der Waals surface area contributed by atoms with Crippen LogP contribution < -0.4 is 0 Å². The number of hydrogen-bond donors (Lipinski definition) is 0. The molecule has 0 radical (unpaired) electrons. The van der Waals surface area contributed by atoms with E-state index in [4.69, 9.17) is 0 Å². The van der Waals surface area contributed by atoms with E-state index in [1.165, 1.54) is 0 Å². The van der Waals surface area contributed by atoms with Crippen molar-refractivity contribution in [3.05, 3.63) is 39.4 Å². The quantitative estimate of drug-likeness (QED) is 0.453.